The summed E-state index contributed by atoms with van der Waals surface area (Å²) in [6.07, 6.45) is 4.07. The molecule has 0 aromatic heterocycles. The van der Waals surface area contributed by atoms with Crippen molar-refractivity contribution in [1.82, 2.24) is 14.7 Å². The minimum Gasteiger partial charge on any atom is -0.477 e. The van der Waals surface area contributed by atoms with Crippen LogP contribution in [0.25, 0.3) is 0 Å². The number of amides is 3. The number of hydrogen-bond donors (Lipinski definition) is 1. The van der Waals surface area contributed by atoms with Gasteiger partial charge in [-0.25, -0.2) is 14.4 Å². The summed E-state index contributed by atoms with van der Waals surface area (Å²) in [5.41, 5.74) is 1.18. The molecule has 5 atom stereocenters. The van der Waals surface area contributed by atoms with Crippen molar-refractivity contribution < 1.29 is 38.2 Å². The molecule has 0 unspecified atom stereocenters. The highest BCUT2D eigenvalue weighted by Crippen LogP contribution is 2.48. The van der Waals surface area contributed by atoms with Gasteiger partial charge in [0.25, 0.3) is 0 Å². The quantitative estimate of drug-likeness (QED) is 0.197. The Labute approximate surface area is 255 Å². The fraction of sp³-hybridized carbons (Fsp3) is 0.613. The first-order chi connectivity index (χ1) is 20.0. The zero-order valence-electron chi connectivity index (χ0n) is 26.7. The maximum atomic E-state index is 13.4. The van der Waals surface area contributed by atoms with Crippen molar-refractivity contribution in [2.24, 2.45) is 5.92 Å². The molecule has 12 heteroatoms. The van der Waals surface area contributed by atoms with E-state index in [0.717, 1.165) is 0 Å². The number of rotatable bonds is 11. The van der Waals surface area contributed by atoms with E-state index in [4.69, 9.17) is 13.9 Å². The number of likely N-dealkylation sites (N-methyl/N-ethyl adjacent to an activating group) is 1. The molecule has 3 amide bonds. The number of carboxylic acids is 1. The molecule has 43 heavy (non-hydrogen) atoms. The standard InChI is InChI=1S/C31H47N3O8Si/c1-11-13-40-29(38)32(8)22-16-21(33(18-22)30(39)41-14-12-2)15-19(3)23-17-24-25(27(35)34(24)26(23)28(36)37)20(4)42-43(9,10)31(5,6)7/h11-12,15,20-22,24-25H,1-2,13-14,16-18H2,3-10H3,(H,36,37)/t20-,21-,22+,24-,25-/m1/s1. The first-order valence-corrected chi connectivity index (χ1v) is 17.6. The molecule has 1 N–H and O–H groups in total. The second kappa shape index (κ2) is 13.1. The Balaban J connectivity index is 1.87. The van der Waals surface area contributed by atoms with E-state index in [1.54, 1.807) is 14.0 Å². The molecule has 0 saturated carbocycles. The van der Waals surface area contributed by atoms with E-state index in [-0.39, 0.29) is 54.6 Å². The number of nitrogens with zero attached hydrogens (tertiary/aromatic N) is 3. The van der Waals surface area contributed by atoms with Crippen molar-refractivity contribution in [2.45, 2.75) is 89.8 Å². The summed E-state index contributed by atoms with van der Waals surface area (Å²) in [5.74, 6) is -1.86. The Bertz CT molecular complexity index is 1220. The molecule has 0 aromatic rings. The topological polar surface area (TPSA) is 126 Å². The van der Waals surface area contributed by atoms with Crippen LogP contribution in [-0.4, -0.2) is 103 Å². The lowest BCUT2D eigenvalue weighted by Crippen LogP contribution is -2.63. The van der Waals surface area contributed by atoms with E-state index in [9.17, 15) is 24.3 Å². The third-order valence-electron chi connectivity index (χ3n) is 9.16. The van der Waals surface area contributed by atoms with Crippen molar-refractivity contribution in [2.75, 3.05) is 26.8 Å². The molecule has 3 aliphatic rings. The highest BCUT2D eigenvalue weighted by Gasteiger charge is 2.58. The number of ether oxygens (including phenoxy) is 2. The Morgan fingerprint density at radius 1 is 1.16 bits per heavy atom. The summed E-state index contributed by atoms with van der Waals surface area (Å²) in [7, 11) is -0.553. The van der Waals surface area contributed by atoms with Crippen LogP contribution in [0.4, 0.5) is 9.59 Å². The number of carbonyl (C=O) groups is 4. The van der Waals surface area contributed by atoms with Crippen LogP contribution in [0.2, 0.25) is 18.1 Å². The normalized spacial score (nSPS) is 24.7. The molecule has 3 rings (SSSR count). The monoisotopic (exact) mass is 617 g/mol. The first kappa shape index (κ1) is 34.1. The molecule has 0 aliphatic carbocycles. The predicted molar refractivity (Wildman–Crippen MR) is 165 cm³/mol. The van der Waals surface area contributed by atoms with Gasteiger partial charge in [0.15, 0.2) is 8.32 Å². The molecule has 238 valence electrons. The van der Waals surface area contributed by atoms with Crippen LogP contribution in [0.3, 0.4) is 0 Å². The number of fused-ring (bicyclic) bond motifs is 1. The van der Waals surface area contributed by atoms with Gasteiger partial charge < -0.3 is 28.8 Å². The summed E-state index contributed by atoms with van der Waals surface area (Å²) in [4.78, 5) is 55.6. The minimum atomic E-state index is -2.16. The van der Waals surface area contributed by atoms with Gasteiger partial charge in [-0.3, -0.25) is 9.69 Å². The summed E-state index contributed by atoms with van der Waals surface area (Å²) in [5, 5.41) is 10.1. The Morgan fingerprint density at radius 2 is 1.77 bits per heavy atom. The molecular weight excluding hydrogens is 570 g/mol. The number of aliphatic carboxylic acids is 1. The lowest BCUT2D eigenvalue weighted by Gasteiger charge is -2.48. The summed E-state index contributed by atoms with van der Waals surface area (Å²) in [6, 6.07) is -1.16. The zero-order chi connectivity index (χ0) is 32.4. The molecule has 2 saturated heterocycles. The van der Waals surface area contributed by atoms with Gasteiger partial charge in [0.1, 0.15) is 18.9 Å². The number of β-lactam (4-membered cyclic amide) rings is 1. The van der Waals surface area contributed by atoms with Gasteiger partial charge >= 0.3 is 18.2 Å². The van der Waals surface area contributed by atoms with E-state index in [2.05, 4.69) is 47.0 Å². The molecule has 11 nitrogen and oxygen atoms in total. The third kappa shape index (κ3) is 6.90. The highest BCUT2D eigenvalue weighted by atomic mass is 28.4. The van der Waals surface area contributed by atoms with E-state index < -0.39 is 38.4 Å². The van der Waals surface area contributed by atoms with E-state index in [1.807, 2.05) is 13.0 Å². The molecule has 3 heterocycles. The fourth-order valence-corrected chi connectivity index (χ4v) is 7.23. The van der Waals surface area contributed by atoms with Crippen molar-refractivity contribution in [3.05, 3.63) is 48.2 Å². The van der Waals surface area contributed by atoms with Crippen molar-refractivity contribution in [3.63, 3.8) is 0 Å². The van der Waals surface area contributed by atoms with Gasteiger partial charge in [0.2, 0.25) is 5.91 Å². The molecule has 2 fully saturated rings. The van der Waals surface area contributed by atoms with E-state index >= 15 is 0 Å². The SMILES string of the molecule is C=CCOC(=O)N(C)[C@H]1C[C@@H](C=C(C)C2=C(C(=O)O)N3C(=O)[C@H]([C@@H](C)O[Si](C)(C)C(C)(C)C)[C@H]3C2)N(C(=O)OCC=C)C1. The van der Waals surface area contributed by atoms with Crippen LogP contribution in [0, 0.1) is 5.92 Å². The molecule has 0 aromatic carbocycles. The van der Waals surface area contributed by atoms with Gasteiger partial charge in [-0.15, -0.1) is 0 Å². The van der Waals surface area contributed by atoms with Crippen LogP contribution in [0.1, 0.15) is 47.5 Å². The second-order valence-corrected chi connectivity index (χ2v) is 17.8. The summed E-state index contributed by atoms with van der Waals surface area (Å²) in [6.45, 7) is 21.8. The minimum absolute atomic E-state index is 0.0240. The number of likely N-dealkylation sites (tertiary alicyclic amines) is 1. The average molecular weight is 618 g/mol. The largest absolute Gasteiger partial charge is 0.477 e. The van der Waals surface area contributed by atoms with Gasteiger partial charge in [-0.2, -0.15) is 0 Å². The summed E-state index contributed by atoms with van der Waals surface area (Å²) >= 11 is 0. The maximum Gasteiger partial charge on any atom is 0.410 e. The van der Waals surface area contributed by atoms with E-state index in [1.165, 1.54) is 26.9 Å². The smallest absolute Gasteiger partial charge is 0.410 e. The van der Waals surface area contributed by atoms with Crippen LogP contribution in [0.15, 0.2) is 48.2 Å². The van der Waals surface area contributed by atoms with Gasteiger partial charge in [-0.05, 0) is 56.0 Å². The first-order valence-electron chi connectivity index (χ1n) is 14.7. The molecule has 3 aliphatic heterocycles. The van der Waals surface area contributed by atoms with Crippen LogP contribution >= 0.6 is 0 Å². The predicted octanol–water partition coefficient (Wildman–Crippen LogP) is 4.93. The fourth-order valence-electron chi connectivity index (χ4n) is 5.80. The summed E-state index contributed by atoms with van der Waals surface area (Å²) < 4.78 is 17.0. The highest BCUT2D eigenvalue weighted by molar-refractivity contribution is 6.74. The van der Waals surface area contributed by atoms with Gasteiger partial charge in [-0.1, -0.05) is 52.2 Å². The van der Waals surface area contributed by atoms with Gasteiger partial charge in [0.05, 0.1) is 30.1 Å². The maximum absolute atomic E-state index is 13.4. The zero-order valence-corrected chi connectivity index (χ0v) is 27.7. The Morgan fingerprint density at radius 3 is 2.33 bits per heavy atom. The van der Waals surface area contributed by atoms with Crippen LogP contribution < -0.4 is 0 Å². The lowest BCUT2D eigenvalue weighted by atomic mass is 9.82. The molecular formula is C31H47N3O8Si. The van der Waals surface area contributed by atoms with Gasteiger partial charge in [0, 0.05) is 13.6 Å². The number of hydrogen-bond acceptors (Lipinski definition) is 7. The molecule has 0 bridgehead atoms. The number of allylic oxidation sites excluding steroid dienone is 1. The van der Waals surface area contributed by atoms with Crippen molar-refractivity contribution in [3.8, 4) is 0 Å². The molecule has 0 radical (unpaired) electrons. The van der Waals surface area contributed by atoms with Crippen molar-refractivity contribution >= 4 is 32.4 Å². The number of carbonyl (C=O) groups excluding carboxylic acids is 3. The second-order valence-electron chi connectivity index (χ2n) is 13.0. The van der Waals surface area contributed by atoms with Crippen LogP contribution in [-0.2, 0) is 23.5 Å². The lowest BCUT2D eigenvalue weighted by molar-refractivity contribution is -0.160. The Hall–Kier alpha value is -3.38. The number of carboxylic acid groups (broad SMARTS) is 1. The molecule has 0 spiro atoms. The van der Waals surface area contributed by atoms with E-state index in [0.29, 0.717) is 24.0 Å². The van der Waals surface area contributed by atoms with Crippen molar-refractivity contribution in [1.29, 1.82) is 0 Å². The van der Waals surface area contributed by atoms with Crippen LogP contribution in [0.5, 0.6) is 0 Å². The third-order valence-corrected chi connectivity index (χ3v) is 13.7. The average Bonchev–Trinajstić information content (AvgIpc) is 3.48. The Kier molecular flexibility index (Phi) is 10.4.